The summed E-state index contributed by atoms with van der Waals surface area (Å²) in [5.41, 5.74) is 0.907. The van der Waals surface area contributed by atoms with Crippen LogP contribution in [0.15, 0.2) is 30.5 Å². The topological polar surface area (TPSA) is 70.5 Å². The third-order valence-electron chi connectivity index (χ3n) is 3.83. The smallest absolute Gasteiger partial charge is 0.326 e. The van der Waals surface area contributed by atoms with Crippen molar-refractivity contribution in [3.05, 3.63) is 51.7 Å². The van der Waals surface area contributed by atoms with Crippen LogP contribution in [0.4, 0.5) is 4.39 Å². The number of carboxylic acids is 1. The van der Waals surface area contributed by atoms with Crippen molar-refractivity contribution < 1.29 is 19.1 Å². The van der Waals surface area contributed by atoms with E-state index >= 15 is 0 Å². The highest BCUT2D eigenvalue weighted by molar-refractivity contribution is 7.13. The van der Waals surface area contributed by atoms with Crippen LogP contribution in [0, 0.1) is 5.82 Å². The van der Waals surface area contributed by atoms with E-state index in [1.807, 2.05) is 0 Å². The molecule has 7 heteroatoms. The molecule has 1 atom stereocenters. The standard InChI is InChI=1S/C16H15FN2O3S/c17-11-5-3-10(4-6-11)8-14-18-9-13(23-14)15(20)19-7-1-2-12(19)16(21)22/h3-6,9,12H,1-2,7-8H2,(H,21,22)/t12-/m1/s1. The lowest BCUT2D eigenvalue weighted by atomic mass is 10.2. The van der Waals surface area contributed by atoms with E-state index < -0.39 is 12.0 Å². The fourth-order valence-electron chi connectivity index (χ4n) is 2.68. The maximum Gasteiger partial charge on any atom is 0.326 e. The lowest BCUT2D eigenvalue weighted by Gasteiger charge is -2.20. The van der Waals surface area contributed by atoms with Crippen LogP contribution in [-0.4, -0.2) is 39.5 Å². The molecule has 23 heavy (non-hydrogen) atoms. The number of thiazole rings is 1. The van der Waals surface area contributed by atoms with Gasteiger partial charge in [0.25, 0.3) is 5.91 Å². The Bertz CT molecular complexity index is 729. The van der Waals surface area contributed by atoms with Crippen molar-refractivity contribution in [2.24, 2.45) is 0 Å². The molecule has 1 fully saturated rings. The Balaban J connectivity index is 1.72. The molecule has 1 aromatic heterocycles. The second-order valence-electron chi connectivity index (χ2n) is 5.42. The average Bonchev–Trinajstić information content (AvgIpc) is 3.18. The molecule has 1 saturated heterocycles. The average molecular weight is 334 g/mol. The Kier molecular flexibility index (Phi) is 4.38. The van der Waals surface area contributed by atoms with Gasteiger partial charge in [0.05, 0.1) is 11.2 Å². The predicted octanol–water partition coefficient (Wildman–Crippen LogP) is 2.56. The van der Waals surface area contributed by atoms with Gasteiger partial charge in [0.1, 0.15) is 16.7 Å². The number of hydrogen-bond acceptors (Lipinski definition) is 4. The summed E-state index contributed by atoms with van der Waals surface area (Å²) in [6.07, 6.45) is 3.19. The van der Waals surface area contributed by atoms with Gasteiger partial charge in [0.2, 0.25) is 0 Å². The number of carbonyl (C=O) groups excluding carboxylic acids is 1. The highest BCUT2D eigenvalue weighted by Crippen LogP contribution is 2.24. The van der Waals surface area contributed by atoms with Crippen molar-refractivity contribution in [3.63, 3.8) is 0 Å². The highest BCUT2D eigenvalue weighted by atomic mass is 32.1. The van der Waals surface area contributed by atoms with Gasteiger partial charge in [-0.15, -0.1) is 11.3 Å². The summed E-state index contributed by atoms with van der Waals surface area (Å²) in [6.45, 7) is 0.459. The Morgan fingerprint density at radius 2 is 2.09 bits per heavy atom. The van der Waals surface area contributed by atoms with E-state index in [-0.39, 0.29) is 11.7 Å². The molecule has 0 aliphatic carbocycles. The normalized spacial score (nSPS) is 17.4. The van der Waals surface area contributed by atoms with Crippen LogP contribution in [0.2, 0.25) is 0 Å². The van der Waals surface area contributed by atoms with Crippen LogP contribution < -0.4 is 0 Å². The molecule has 0 bridgehead atoms. The van der Waals surface area contributed by atoms with Gasteiger partial charge in [-0.3, -0.25) is 4.79 Å². The first-order valence-electron chi connectivity index (χ1n) is 7.27. The van der Waals surface area contributed by atoms with E-state index in [9.17, 15) is 14.0 Å². The van der Waals surface area contributed by atoms with E-state index in [4.69, 9.17) is 5.11 Å². The zero-order valence-corrected chi connectivity index (χ0v) is 13.1. The molecule has 1 aliphatic heterocycles. The summed E-state index contributed by atoms with van der Waals surface area (Å²) in [5.74, 6) is -1.54. The molecule has 3 rings (SSSR count). The second-order valence-corrected chi connectivity index (χ2v) is 6.53. The van der Waals surface area contributed by atoms with E-state index in [0.717, 1.165) is 10.6 Å². The quantitative estimate of drug-likeness (QED) is 0.933. The van der Waals surface area contributed by atoms with Crippen molar-refractivity contribution in [2.75, 3.05) is 6.54 Å². The maximum absolute atomic E-state index is 12.9. The number of aliphatic carboxylic acids is 1. The number of hydrogen-bond donors (Lipinski definition) is 1. The molecule has 120 valence electrons. The van der Waals surface area contributed by atoms with Gasteiger partial charge in [-0.25, -0.2) is 14.2 Å². The third-order valence-corrected chi connectivity index (χ3v) is 4.82. The van der Waals surface area contributed by atoms with Gasteiger partial charge in [-0.2, -0.15) is 0 Å². The molecule has 0 radical (unpaired) electrons. The van der Waals surface area contributed by atoms with Crippen LogP contribution in [0.1, 0.15) is 33.1 Å². The molecule has 2 aromatic rings. The molecule has 1 aromatic carbocycles. The Morgan fingerprint density at radius 1 is 1.35 bits per heavy atom. The minimum atomic E-state index is -0.966. The summed E-state index contributed by atoms with van der Waals surface area (Å²) in [7, 11) is 0. The predicted molar refractivity (Wildman–Crippen MR) is 83.0 cm³/mol. The van der Waals surface area contributed by atoms with Gasteiger partial charge < -0.3 is 10.0 Å². The number of amides is 1. The molecule has 0 spiro atoms. The summed E-state index contributed by atoms with van der Waals surface area (Å²) in [5, 5.41) is 9.91. The number of rotatable bonds is 4. The lowest BCUT2D eigenvalue weighted by molar-refractivity contribution is -0.141. The molecule has 1 aliphatic rings. The van der Waals surface area contributed by atoms with Crippen LogP contribution >= 0.6 is 11.3 Å². The molecular weight excluding hydrogens is 319 g/mol. The number of carboxylic acid groups (broad SMARTS) is 1. The summed E-state index contributed by atoms with van der Waals surface area (Å²) in [6, 6.07) is 5.39. The summed E-state index contributed by atoms with van der Waals surface area (Å²) < 4.78 is 12.9. The molecule has 1 amide bonds. The number of halogens is 1. The fourth-order valence-corrected chi connectivity index (χ4v) is 3.58. The van der Waals surface area contributed by atoms with E-state index in [1.165, 1.54) is 34.6 Å². The van der Waals surface area contributed by atoms with Gasteiger partial charge in [0, 0.05) is 13.0 Å². The fraction of sp³-hybridized carbons (Fsp3) is 0.312. The van der Waals surface area contributed by atoms with Crippen molar-refractivity contribution in [3.8, 4) is 0 Å². The number of carbonyl (C=O) groups is 2. The minimum absolute atomic E-state index is 0.280. The first-order valence-corrected chi connectivity index (χ1v) is 8.09. The van der Waals surface area contributed by atoms with E-state index in [2.05, 4.69) is 4.98 Å². The maximum atomic E-state index is 12.9. The SMILES string of the molecule is O=C(O)[C@H]1CCCN1C(=O)c1cnc(Cc2ccc(F)cc2)s1. The van der Waals surface area contributed by atoms with Gasteiger partial charge in [-0.1, -0.05) is 12.1 Å². The summed E-state index contributed by atoms with van der Waals surface area (Å²) >= 11 is 1.25. The van der Waals surface area contributed by atoms with Crippen LogP contribution in [0.25, 0.3) is 0 Å². The van der Waals surface area contributed by atoms with Gasteiger partial charge >= 0.3 is 5.97 Å². The number of nitrogens with zero attached hydrogens (tertiary/aromatic N) is 2. The van der Waals surface area contributed by atoms with Crippen molar-refractivity contribution in [1.29, 1.82) is 0 Å². The van der Waals surface area contributed by atoms with Crippen LogP contribution in [0.3, 0.4) is 0 Å². The van der Waals surface area contributed by atoms with Crippen molar-refractivity contribution >= 4 is 23.2 Å². The van der Waals surface area contributed by atoms with E-state index in [1.54, 1.807) is 12.1 Å². The second kappa shape index (κ2) is 6.45. The van der Waals surface area contributed by atoms with E-state index in [0.29, 0.717) is 30.7 Å². The molecule has 2 heterocycles. The zero-order chi connectivity index (χ0) is 16.4. The van der Waals surface area contributed by atoms with Crippen LogP contribution in [0.5, 0.6) is 0 Å². The largest absolute Gasteiger partial charge is 0.480 e. The Labute approximate surface area is 136 Å². The first kappa shape index (κ1) is 15.6. The minimum Gasteiger partial charge on any atom is -0.480 e. The van der Waals surface area contributed by atoms with Crippen LogP contribution in [-0.2, 0) is 11.2 Å². The monoisotopic (exact) mass is 334 g/mol. The molecule has 0 unspecified atom stereocenters. The zero-order valence-electron chi connectivity index (χ0n) is 12.2. The Hall–Kier alpha value is -2.28. The third kappa shape index (κ3) is 3.39. The lowest BCUT2D eigenvalue weighted by Crippen LogP contribution is -2.40. The molecule has 0 saturated carbocycles. The summed E-state index contributed by atoms with van der Waals surface area (Å²) in [4.78, 5) is 29.7. The first-order chi connectivity index (χ1) is 11.0. The Morgan fingerprint density at radius 3 is 2.78 bits per heavy atom. The van der Waals surface area contributed by atoms with Gasteiger partial charge in [-0.05, 0) is 30.5 Å². The molecule has 5 nitrogen and oxygen atoms in total. The number of likely N-dealkylation sites (tertiary alicyclic amines) is 1. The molecule has 1 N–H and O–H groups in total. The number of aromatic nitrogens is 1. The van der Waals surface area contributed by atoms with Gasteiger partial charge in [0.15, 0.2) is 0 Å². The highest BCUT2D eigenvalue weighted by Gasteiger charge is 2.35. The van der Waals surface area contributed by atoms with Crippen molar-refractivity contribution in [2.45, 2.75) is 25.3 Å². The van der Waals surface area contributed by atoms with Crippen molar-refractivity contribution in [1.82, 2.24) is 9.88 Å². The molecular formula is C16H15FN2O3S. The number of benzene rings is 1.